The molecule has 1 aliphatic heterocycles. The number of fused-ring (bicyclic) bond motifs is 1. The normalized spacial score (nSPS) is 15.6. The van der Waals surface area contributed by atoms with Crippen molar-refractivity contribution < 1.29 is 4.79 Å². The van der Waals surface area contributed by atoms with Gasteiger partial charge in [-0.3, -0.25) is 14.2 Å². The molecule has 112 valence electrons. The first-order chi connectivity index (χ1) is 10.1. The quantitative estimate of drug-likeness (QED) is 0.843. The molecule has 2 aromatic heterocycles. The number of amides is 1. The zero-order valence-electron chi connectivity index (χ0n) is 12.1. The maximum absolute atomic E-state index is 12.5. The van der Waals surface area contributed by atoms with E-state index in [1.807, 2.05) is 30.5 Å². The highest BCUT2D eigenvalue weighted by Gasteiger charge is 2.19. The monoisotopic (exact) mass is 323 g/mol. The first-order valence-corrected chi connectivity index (χ1v) is 8.85. The van der Waals surface area contributed by atoms with Crippen molar-refractivity contribution in [3.8, 4) is 0 Å². The van der Waals surface area contributed by atoms with Crippen LogP contribution in [0, 0.1) is 13.8 Å². The van der Waals surface area contributed by atoms with Crippen molar-refractivity contribution in [2.45, 2.75) is 20.4 Å². The van der Waals surface area contributed by atoms with Gasteiger partial charge in [0.05, 0.1) is 11.7 Å². The molecular weight excluding hydrogens is 306 g/mol. The van der Waals surface area contributed by atoms with Gasteiger partial charge < -0.3 is 4.90 Å². The summed E-state index contributed by atoms with van der Waals surface area (Å²) >= 11 is 3.38. The Morgan fingerprint density at radius 3 is 2.76 bits per heavy atom. The molecule has 0 saturated carbocycles. The van der Waals surface area contributed by atoms with E-state index in [2.05, 4.69) is 4.98 Å². The lowest BCUT2D eigenvalue weighted by Crippen LogP contribution is -2.41. The summed E-state index contributed by atoms with van der Waals surface area (Å²) in [6.45, 7) is 5.54. The maximum Gasteiger partial charge on any atom is 0.262 e. The fourth-order valence-corrected chi connectivity index (χ4v) is 4.33. The molecule has 1 amide bonds. The molecule has 0 bridgehead atoms. The number of carbonyl (C=O) groups is 1. The van der Waals surface area contributed by atoms with Crippen LogP contribution in [-0.4, -0.2) is 45.0 Å². The fraction of sp³-hybridized carbons (Fsp3) is 0.500. The smallest absolute Gasteiger partial charge is 0.262 e. The number of nitrogens with zero attached hydrogens (tertiary/aromatic N) is 3. The predicted molar refractivity (Wildman–Crippen MR) is 87.3 cm³/mol. The predicted octanol–water partition coefficient (Wildman–Crippen LogP) is 1.65. The van der Waals surface area contributed by atoms with Crippen molar-refractivity contribution in [3.05, 3.63) is 27.1 Å². The number of aryl methyl sites for hydroxylation is 2. The Labute approximate surface area is 131 Å². The Hall–Kier alpha value is -1.34. The molecule has 0 radical (unpaired) electrons. The van der Waals surface area contributed by atoms with E-state index in [0.29, 0.717) is 5.39 Å². The standard InChI is InChI=1S/C14H17N3O2S2/c1-9-10(2)21-13-12(9)14(19)17(8-15-13)7-11(18)16-3-5-20-6-4-16/h8H,3-7H2,1-2H3. The average Bonchev–Trinajstić information content (AvgIpc) is 2.79. The minimum atomic E-state index is -0.110. The van der Waals surface area contributed by atoms with Gasteiger partial charge in [-0.25, -0.2) is 4.98 Å². The Bertz CT molecular complexity index is 744. The van der Waals surface area contributed by atoms with Crippen LogP contribution < -0.4 is 5.56 Å². The van der Waals surface area contributed by atoms with Gasteiger partial charge in [0, 0.05) is 29.5 Å². The summed E-state index contributed by atoms with van der Waals surface area (Å²) in [6, 6.07) is 0. The highest BCUT2D eigenvalue weighted by atomic mass is 32.2. The lowest BCUT2D eigenvalue weighted by atomic mass is 10.2. The van der Waals surface area contributed by atoms with Gasteiger partial charge >= 0.3 is 0 Å². The van der Waals surface area contributed by atoms with Crippen LogP contribution in [-0.2, 0) is 11.3 Å². The summed E-state index contributed by atoms with van der Waals surface area (Å²) in [7, 11) is 0. The number of carbonyl (C=O) groups excluding carboxylic acids is 1. The second-order valence-electron chi connectivity index (χ2n) is 5.13. The van der Waals surface area contributed by atoms with Crippen LogP contribution in [0.5, 0.6) is 0 Å². The van der Waals surface area contributed by atoms with E-state index in [1.54, 1.807) is 0 Å². The maximum atomic E-state index is 12.5. The zero-order chi connectivity index (χ0) is 15.0. The summed E-state index contributed by atoms with van der Waals surface area (Å²) in [4.78, 5) is 32.8. The molecule has 1 saturated heterocycles. The summed E-state index contributed by atoms with van der Waals surface area (Å²) in [5.74, 6) is 1.95. The highest BCUT2D eigenvalue weighted by molar-refractivity contribution is 7.99. The van der Waals surface area contributed by atoms with Crippen molar-refractivity contribution in [2.75, 3.05) is 24.6 Å². The first kappa shape index (κ1) is 14.6. The third-order valence-corrected chi connectivity index (χ3v) is 5.88. The molecule has 0 N–H and O–H groups in total. The van der Waals surface area contributed by atoms with Crippen LogP contribution >= 0.6 is 23.1 Å². The largest absolute Gasteiger partial charge is 0.339 e. The van der Waals surface area contributed by atoms with Gasteiger partial charge in [-0.1, -0.05) is 0 Å². The number of hydrogen-bond donors (Lipinski definition) is 0. The minimum absolute atomic E-state index is 0.00292. The number of aromatic nitrogens is 2. The van der Waals surface area contributed by atoms with Gasteiger partial charge in [0.15, 0.2) is 0 Å². The van der Waals surface area contributed by atoms with Gasteiger partial charge in [0.25, 0.3) is 5.56 Å². The Morgan fingerprint density at radius 1 is 1.33 bits per heavy atom. The van der Waals surface area contributed by atoms with Crippen LogP contribution in [0.1, 0.15) is 10.4 Å². The SMILES string of the molecule is Cc1sc2ncn(CC(=O)N3CCSCC3)c(=O)c2c1C. The molecule has 3 heterocycles. The molecule has 1 fully saturated rings. The zero-order valence-corrected chi connectivity index (χ0v) is 13.7. The molecule has 7 heteroatoms. The van der Waals surface area contributed by atoms with Gasteiger partial charge in [-0.2, -0.15) is 11.8 Å². The molecule has 2 aromatic rings. The van der Waals surface area contributed by atoms with E-state index < -0.39 is 0 Å². The Kier molecular flexibility index (Phi) is 4.03. The molecule has 0 aromatic carbocycles. The van der Waals surface area contributed by atoms with E-state index in [-0.39, 0.29) is 18.0 Å². The number of thiophene rings is 1. The Morgan fingerprint density at radius 2 is 2.05 bits per heavy atom. The number of rotatable bonds is 2. The van der Waals surface area contributed by atoms with Gasteiger partial charge in [-0.05, 0) is 19.4 Å². The van der Waals surface area contributed by atoms with E-state index in [0.717, 1.165) is 39.9 Å². The van der Waals surface area contributed by atoms with Crippen molar-refractivity contribution in [1.82, 2.24) is 14.5 Å². The van der Waals surface area contributed by atoms with Gasteiger partial charge in [0.2, 0.25) is 5.91 Å². The lowest BCUT2D eigenvalue weighted by Gasteiger charge is -2.26. The molecule has 0 unspecified atom stereocenters. The molecule has 3 rings (SSSR count). The van der Waals surface area contributed by atoms with Gasteiger partial charge in [-0.15, -0.1) is 11.3 Å². The molecule has 5 nitrogen and oxygen atoms in total. The molecular formula is C14H17N3O2S2. The molecule has 21 heavy (non-hydrogen) atoms. The van der Waals surface area contributed by atoms with Crippen LogP contribution in [0.15, 0.2) is 11.1 Å². The molecule has 0 atom stereocenters. The van der Waals surface area contributed by atoms with Crippen LogP contribution in [0.3, 0.4) is 0 Å². The first-order valence-electron chi connectivity index (χ1n) is 6.88. The van der Waals surface area contributed by atoms with Crippen LogP contribution in [0.4, 0.5) is 0 Å². The summed E-state index contributed by atoms with van der Waals surface area (Å²) in [5, 5.41) is 0.655. The minimum Gasteiger partial charge on any atom is -0.339 e. The van der Waals surface area contributed by atoms with Crippen molar-refractivity contribution in [3.63, 3.8) is 0 Å². The summed E-state index contributed by atoms with van der Waals surface area (Å²) in [6.07, 6.45) is 1.50. The fourth-order valence-electron chi connectivity index (χ4n) is 2.44. The van der Waals surface area contributed by atoms with E-state index in [9.17, 15) is 9.59 Å². The van der Waals surface area contributed by atoms with E-state index >= 15 is 0 Å². The number of hydrogen-bond acceptors (Lipinski definition) is 5. The number of thioether (sulfide) groups is 1. The van der Waals surface area contributed by atoms with Crippen molar-refractivity contribution in [2.24, 2.45) is 0 Å². The van der Waals surface area contributed by atoms with Crippen LogP contribution in [0.2, 0.25) is 0 Å². The highest BCUT2D eigenvalue weighted by Crippen LogP contribution is 2.25. The molecule has 0 aliphatic carbocycles. The second-order valence-corrected chi connectivity index (χ2v) is 7.56. The van der Waals surface area contributed by atoms with Crippen molar-refractivity contribution in [1.29, 1.82) is 0 Å². The molecule has 0 spiro atoms. The third kappa shape index (κ3) is 2.72. The second kappa shape index (κ2) is 5.81. The average molecular weight is 323 g/mol. The Balaban J connectivity index is 1.90. The van der Waals surface area contributed by atoms with Crippen LogP contribution in [0.25, 0.3) is 10.2 Å². The third-order valence-electron chi connectivity index (χ3n) is 3.83. The van der Waals surface area contributed by atoms with E-state index in [1.165, 1.54) is 22.2 Å². The summed E-state index contributed by atoms with van der Waals surface area (Å²) in [5.41, 5.74) is 0.866. The summed E-state index contributed by atoms with van der Waals surface area (Å²) < 4.78 is 1.44. The van der Waals surface area contributed by atoms with E-state index in [4.69, 9.17) is 0 Å². The lowest BCUT2D eigenvalue weighted by molar-refractivity contribution is -0.131. The topological polar surface area (TPSA) is 55.2 Å². The van der Waals surface area contributed by atoms with Gasteiger partial charge in [0.1, 0.15) is 11.4 Å². The molecule has 1 aliphatic rings. The van der Waals surface area contributed by atoms with Crippen molar-refractivity contribution >= 4 is 39.2 Å².